The third-order valence-corrected chi connectivity index (χ3v) is 2.66. The summed E-state index contributed by atoms with van der Waals surface area (Å²) in [7, 11) is 1.82. The van der Waals surface area contributed by atoms with E-state index in [2.05, 4.69) is 15.9 Å². The lowest BCUT2D eigenvalue weighted by atomic mass is 10.2. The molecule has 0 spiro atoms. The zero-order valence-electron chi connectivity index (χ0n) is 8.12. The molecule has 13 heavy (non-hydrogen) atoms. The Morgan fingerprint density at radius 3 is 2.77 bits per heavy atom. The predicted molar refractivity (Wildman–Crippen MR) is 55.0 cm³/mol. The number of amides is 1. The van der Waals surface area contributed by atoms with Crippen LogP contribution in [0.3, 0.4) is 0 Å². The van der Waals surface area contributed by atoms with Crippen LogP contribution in [0.5, 0.6) is 0 Å². The molecule has 1 heterocycles. The van der Waals surface area contributed by atoms with Gasteiger partial charge in [0.1, 0.15) is 6.10 Å². The van der Waals surface area contributed by atoms with Gasteiger partial charge in [0.2, 0.25) is 0 Å². The first-order valence-electron chi connectivity index (χ1n) is 4.61. The van der Waals surface area contributed by atoms with Crippen molar-refractivity contribution in [3.63, 3.8) is 0 Å². The summed E-state index contributed by atoms with van der Waals surface area (Å²) >= 11 is 3.30. The molecule has 1 amide bonds. The molecular formula is C9H16BrNO2. The number of carbonyl (C=O) groups is 1. The normalized spacial score (nSPS) is 27.6. The summed E-state index contributed by atoms with van der Waals surface area (Å²) in [6, 6.07) is 0. The van der Waals surface area contributed by atoms with Gasteiger partial charge in [0.25, 0.3) is 5.91 Å². The van der Waals surface area contributed by atoms with Crippen LogP contribution in [0, 0.1) is 0 Å². The fraction of sp³-hybridized carbons (Fsp3) is 0.889. The molecule has 76 valence electrons. The summed E-state index contributed by atoms with van der Waals surface area (Å²) in [6.45, 7) is 2.75. The van der Waals surface area contributed by atoms with E-state index in [0.29, 0.717) is 0 Å². The van der Waals surface area contributed by atoms with Gasteiger partial charge >= 0.3 is 0 Å². The van der Waals surface area contributed by atoms with Gasteiger partial charge in [-0.25, -0.2) is 0 Å². The smallest absolute Gasteiger partial charge is 0.251 e. The lowest BCUT2D eigenvalue weighted by Crippen LogP contribution is -2.37. The van der Waals surface area contributed by atoms with Crippen molar-refractivity contribution >= 4 is 21.8 Å². The number of ether oxygens (including phenoxy) is 1. The molecule has 0 aliphatic carbocycles. The number of carbonyl (C=O) groups excluding carboxylic acids is 1. The quantitative estimate of drug-likeness (QED) is 0.709. The topological polar surface area (TPSA) is 29.5 Å². The van der Waals surface area contributed by atoms with E-state index in [1.54, 1.807) is 4.90 Å². The first kappa shape index (κ1) is 11.0. The van der Waals surface area contributed by atoms with E-state index in [4.69, 9.17) is 4.74 Å². The van der Waals surface area contributed by atoms with Crippen LogP contribution < -0.4 is 0 Å². The molecule has 2 atom stereocenters. The monoisotopic (exact) mass is 249 g/mol. The molecule has 0 aromatic rings. The third kappa shape index (κ3) is 2.95. The first-order valence-corrected chi connectivity index (χ1v) is 5.73. The van der Waals surface area contributed by atoms with E-state index in [-0.39, 0.29) is 18.1 Å². The molecule has 0 N–H and O–H groups in total. The van der Waals surface area contributed by atoms with E-state index >= 15 is 0 Å². The van der Waals surface area contributed by atoms with Crippen LogP contribution >= 0.6 is 15.9 Å². The highest BCUT2D eigenvalue weighted by atomic mass is 79.9. The Morgan fingerprint density at radius 2 is 2.31 bits per heavy atom. The molecule has 0 bridgehead atoms. The van der Waals surface area contributed by atoms with Gasteiger partial charge in [-0.05, 0) is 19.8 Å². The maximum atomic E-state index is 11.7. The second-order valence-electron chi connectivity index (χ2n) is 3.46. The molecule has 3 nitrogen and oxygen atoms in total. The molecule has 4 heteroatoms. The van der Waals surface area contributed by atoms with Gasteiger partial charge in [0.05, 0.1) is 6.10 Å². The summed E-state index contributed by atoms with van der Waals surface area (Å²) < 4.78 is 5.48. The minimum atomic E-state index is -0.195. The minimum Gasteiger partial charge on any atom is -0.365 e. The SMILES string of the molecule is CC1CCC(C(=O)N(C)CCBr)O1. The number of hydrogen-bond donors (Lipinski definition) is 0. The number of hydrogen-bond acceptors (Lipinski definition) is 2. The van der Waals surface area contributed by atoms with Crippen molar-refractivity contribution in [2.75, 3.05) is 18.9 Å². The average Bonchev–Trinajstić information content (AvgIpc) is 2.51. The molecule has 0 aromatic heterocycles. The van der Waals surface area contributed by atoms with Crippen molar-refractivity contribution in [3.05, 3.63) is 0 Å². The van der Waals surface area contributed by atoms with Gasteiger partial charge in [-0.2, -0.15) is 0 Å². The molecule has 1 rings (SSSR count). The van der Waals surface area contributed by atoms with Crippen molar-refractivity contribution < 1.29 is 9.53 Å². The van der Waals surface area contributed by atoms with Crippen molar-refractivity contribution in [1.82, 2.24) is 4.90 Å². The predicted octanol–water partition coefficient (Wildman–Crippen LogP) is 1.41. The molecule has 0 saturated carbocycles. The zero-order chi connectivity index (χ0) is 9.84. The zero-order valence-corrected chi connectivity index (χ0v) is 9.71. The Labute approximate surface area is 87.6 Å². The van der Waals surface area contributed by atoms with Crippen LogP contribution in [0.15, 0.2) is 0 Å². The van der Waals surface area contributed by atoms with Gasteiger partial charge in [0.15, 0.2) is 0 Å². The summed E-state index contributed by atoms with van der Waals surface area (Å²) in [5, 5.41) is 0.817. The van der Waals surface area contributed by atoms with Crippen LogP contribution in [0.25, 0.3) is 0 Å². The van der Waals surface area contributed by atoms with Crippen LogP contribution in [-0.2, 0) is 9.53 Å². The van der Waals surface area contributed by atoms with E-state index in [1.165, 1.54) is 0 Å². The molecule has 1 aliphatic heterocycles. The number of nitrogens with zero attached hydrogens (tertiary/aromatic N) is 1. The van der Waals surface area contributed by atoms with Gasteiger partial charge in [-0.3, -0.25) is 4.79 Å². The van der Waals surface area contributed by atoms with Crippen molar-refractivity contribution in [1.29, 1.82) is 0 Å². The highest BCUT2D eigenvalue weighted by Crippen LogP contribution is 2.20. The Morgan fingerprint density at radius 1 is 1.62 bits per heavy atom. The minimum absolute atomic E-state index is 0.115. The molecule has 1 fully saturated rings. The number of likely N-dealkylation sites (N-methyl/N-ethyl adjacent to an activating group) is 1. The van der Waals surface area contributed by atoms with Crippen molar-refractivity contribution in [2.24, 2.45) is 0 Å². The van der Waals surface area contributed by atoms with Crippen LogP contribution in [0.1, 0.15) is 19.8 Å². The number of alkyl halides is 1. The number of halogens is 1. The molecular weight excluding hydrogens is 234 g/mol. The van der Waals surface area contributed by atoms with Crippen LogP contribution in [0.2, 0.25) is 0 Å². The van der Waals surface area contributed by atoms with Crippen LogP contribution in [0.4, 0.5) is 0 Å². The van der Waals surface area contributed by atoms with E-state index in [1.807, 2.05) is 14.0 Å². The Hall–Kier alpha value is -0.0900. The maximum absolute atomic E-state index is 11.7. The largest absolute Gasteiger partial charge is 0.365 e. The standard InChI is InChI=1S/C9H16BrNO2/c1-7-3-4-8(13-7)9(12)11(2)6-5-10/h7-8H,3-6H2,1-2H3. The highest BCUT2D eigenvalue weighted by Gasteiger charge is 2.29. The Balaban J connectivity index is 2.38. The molecule has 1 saturated heterocycles. The first-order chi connectivity index (χ1) is 6.15. The average molecular weight is 250 g/mol. The van der Waals surface area contributed by atoms with Gasteiger partial charge in [0, 0.05) is 18.9 Å². The van der Waals surface area contributed by atoms with E-state index in [0.717, 1.165) is 24.7 Å². The second-order valence-corrected chi connectivity index (χ2v) is 4.25. The molecule has 1 aliphatic rings. The van der Waals surface area contributed by atoms with Crippen molar-refractivity contribution in [3.8, 4) is 0 Å². The summed E-state index contributed by atoms with van der Waals surface area (Å²) in [6.07, 6.45) is 1.91. The summed E-state index contributed by atoms with van der Waals surface area (Å²) in [5.74, 6) is 0.115. The molecule has 0 aromatic carbocycles. The van der Waals surface area contributed by atoms with Gasteiger partial charge < -0.3 is 9.64 Å². The second kappa shape index (κ2) is 4.96. The van der Waals surface area contributed by atoms with Crippen molar-refractivity contribution in [2.45, 2.75) is 32.0 Å². The fourth-order valence-electron chi connectivity index (χ4n) is 1.47. The third-order valence-electron chi connectivity index (χ3n) is 2.30. The summed E-state index contributed by atoms with van der Waals surface area (Å²) in [4.78, 5) is 13.4. The highest BCUT2D eigenvalue weighted by molar-refractivity contribution is 9.09. The summed E-state index contributed by atoms with van der Waals surface area (Å²) in [5.41, 5.74) is 0. The van der Waals surface area contributed by atoms with Crippen LogP contribution in [-0.4, -0.2) is 41.9 Å². The molecule has 2 unspecified atom stereocenters. The maximum Gasteiger partial charge on any atom is 0.251 e. The van der Waals surface area contributed by atoms with E-state index in [9.17, 15) is 4.79 Å². The number of rotatable bonds is 3. The lowest BCUT2D eigenvalue weighted by Gasteiger charge is -2.19. The lowest BCUT2D eigenvalue weighted by molar-refractivity contribution is -0.140. The Kier molecular flexibility index (Phi) is 4.19. The van der Waals surface area contributed by atoms with E-state index < -0.39 is 0 Å². The molecule has 0 radical (unpaired) electrons. The fourth-order valence-corrected chi connectivity index (χ4v) is 2.00. The van der Waals surface area contributed by atoms with Gasteiger partial charge in [-0.1, -0.05) is 15.9 Å². The van der Waals surface area contributed by atoms with Gasteiger partial charge in [-0.15, -0.1) is 0 Å². The Bertz CT molecular complexity index is 186.